The largest absolute Gasteiger partial charge is 0.468 e. The predicted octanol–water partition coefficient (Wildman–Crippen LogP) is 3.17. The van der Waals surface area contributed by atoms with Gasteiger partial charge in [0.25, 0.3) is 5.91 Å². The molecule has 0 spiro atoms. The molecule has 1 aromatic carbocycles. The monoisotopic (exact) mass is 452 g/mol. The second kappa shape index (κ2) is 9.39. The summed E-state index contributed by atoms with van der Waals surface area (Å²) in [4.78, 5) is 44.4. The van der Waals surface area contributed by atoms with E-state index in [9.17, 15) is 14.4 Å². The molecule has 3 amide bonds. The Morgan fingerprint density at radius 3 is 2.64 bits per heavy atom. The quantitative estimate of drug-likeness (QED) is 0.632. The van der Waals surface area contributed by atoms with Gasteiger partial charge < -0.3 is 14.6 Å². The van der Waals surface area contributed by atoms with Crippen LogP contribution in [-0.4, -0.2) is 59.4 Å². The Balaban J connectivity index is 1.44. The number of nitrogens with one attached hydrogen (secondary N) is 1. The maximum absolute atomic E-state index is 13.3. The van der Waals surface area contributed by atoms with Gasteiger partial charge in [-0.15, -0.1) is 0 Å². The number of para-hydroxylation sites is 1. The van der Waals surface area contributed by atoms with Crippen LogP contribution in [0.2, 0.25) is 0 Å². The molecule has 2 aliphatic rings. The molecule has 2 aromatic rings. The van der Waals surface area contributed by atoms with Crippen molar-refractivity contribution in [3.63, 3.8) is 0 Å². The topological polar surface area (TPSA) is 86.1 Å². The lowest BCUT2D eigenvalue weighted by atomic mass is 9.98. The van der Waals surface area contributed by atoms with Crippen LogP contribution in [0.5, 0.6) is 0 Å². The number of anilines is 1. The number of benzene rings is 1. The zero-order chi connectivity index (χ0) is 23.6. The number of hydrogen-bond acceptors (Lipinski definition) is 5. The Morgan fingerprint density at radius 2 is 1.94 bits per heavy atom. The summed E-state index contributed by atoms with van der Waals surface area (Å²) in [5.41, 5.74) is 0.416. The molecule has 2 atom stereocenters. The van der Waals surface area contributed by atoms with Crippen LogP contribution in [0.3, 0.4) is 0 Å². The molecule has 4 rings (SSSR count). The molecule has 176 valence electrons. The third-order valence-electron chi connectivity index (χ3n) is 6.93. The number of carbonyl (C=O) groups is 3. The van der Waals surface area contributed by atoms with Crippen molar-refractivity contribution < 1.29 is 18.8 Å². The smallest absolute Gasteiger partial charge is 0.257 e. The van der Waals surface area contributed by atoms with Gasteiger partial charge in [-0.25, -0.2) is 0 Å². The molecule has 33 heavy (non-hydrogen) atoms. The summed E-state index contributed by atoms with van der Waals surface area (Å²) in [5, 5.41) is 3.02. The molecule has 0 bridgehead atoms. The van der Waals surface area contributed by atoms with Crippen molar-refractivity contribution in [2.75, 3.05) is 31.1 Å². The molecule has 3 heterocycles. The van der Waals surface area contributed by atoms with Gasteiger partial charge in [-0.2, -0.15) is 0 Å². The average Bonchev–Trinajstić information content (AvgIpc) is 3.45. The number of amides is 3. The maximum Gasteiger partial charge on any atom is 0.257 e. The zero-order valence-electron chi connectivity index (χ0n) is 19.5. The normalized spacial score (nSPS) is 20.7. The first-order chi connectivity index (χ1) is 15.9. The van der Waals surface area contributed by atoms with Gasteiger partial charge in [-0.3, -0.25) is 24.2 Å². The summed E-state index contributed by atoms with van der Waals surface area (Å²) in [5.74, 6) is 0.551. The van der Waals surface area contributed by atoms with Crippen molar-refractivity contribution in [3.8, 4) is 0 Å². The van der Waals surface area contributed by atoms with Crippen LogP contribution >= 0.6 is 0 Å². The standard InChI is InChI=1S/C25H32N4O4/c1-4-27(5-2)20(21-11-8-16-33-21)17-26-22(30)13-15-28-24(32)18-9-6-7-10-19(18)29-23(31)12-14-25(28,29)3/h6-11,16,20H,4-5,12-15,17H2,1-3H3,(H,26,30). The van der Waals surface area contributed by atoms with E-state index in [2.05, 4.69) is 24.1 Å². The van der Waals surface area contributed by atoms with Crippen molar-refractivity contribution in [1.29, 1.82) is 0 Å². The molecule has 8 heteroatoms. The zero-order valence-corrected chi connectivity index (χ0v) is 19.5. The van der Waals surface area contributed by atoms with Gasteiger partial charge in [0.2, 0.25) is 11.8 Å². The lowest BCUT2D eigenvalue weighted by Crippen LogP contribution is -2.62. The fourth-order valence-electron chi connectivity index (χ4n) is 5.11. The summed E-state index contributed by atoms with van der Waals surface area (Å²) < 4.78 is 5.60. The molecule has 8 nitrogen and oxygen atoms in total. The van der Waals surface area contributed by atoms with Crippen LogP contribution in [0.4, 0.5) is 5.69 Å². The molecule has 2 aliphatic heterocycles. The first-order valence-electron chi connectivity index (χ1n) is 11.7. The molecule has 1 aromatic heterocycles. The first-order valence-corrected chi connectivity index (χ1v) is 11.7. The Morgan fingerprint density at radius 1 is 1.18 bits per heavy atom. The minimum atomic E-state index is -0.749. The van der Waals surface area contributed by atoms with Gasteiger partial charge in [0.15, 0.2) is 0 Å². The molecule has 1 saturated heterocycles. The van der Waals surface area contributed by atoms with Crippen molar-refractivity contribution in [2.45, 2.75) is 51.7 Å². The number of furan rings is 1. The second-order valence-corrected chi connectivity index (χ2v) is 8.73. The minimum Gasteiger partial charge on any atom is -0.468 e. The van der Waals surface area contributed by atoms with E-state index in [0.29, 0.717) is 30.6 Å². The molecule has 0 aliphatic carbocycles. The third kappa shape index (κ3) is 4.15. The fourth-order valence-corrected chi connectivity index (χ4v) is 5.11. The third-order valence-corrected chi connectivity index (χ3v) is 6.93. The number of rotatable bonds is 9. The van der Waals surface area contributed by atoms with Gasteiger partial charge in [-0.1, -0.05) is 26.0 Å². The predicted molar refractivity (Wildman–Crippen MR) is 125 cm³/mol. The Bertz CT molecular complexity index is 1020. The van der Waals surface area contributed by atoms with Crippen LogP contribution in [0.25, 0.3) is 0 Å². The van der Waals surface area contributed by atoms with E-state index in [1.54, 1.807) is 28.2 Å². The van der Waals surface area contributed by atoms with Crippen molar-refractivity contribution in [3.05, 3.63) is 54.0 Å². The van der Waals surface area contributed by atoms with Crippen LogP contribution in [-0.2, 0) is 9.59 Å². The van der Waals surface area contributed by atoms with E-state index in [-0.39, 0.29) is 36.7 Å². The summed E-state index contributed by atoms with van der Waals surface area (Å²) in [6.45, 7) is 8.41. The highest BCUT2D eigenvalue weighted by atomic mass is 16.3. The van der Waals surface area contributed by atoms with E-state index < -0.39 is 5.66 Å². The number of carbonyl (C=O) groups excluding carboxylic acids is 3. The molecule has 2 unspecified atom stereocenters. The number of nitrogens with zero attached hydrogens (tertiary/aromatic N) is 3. The summed E-state index contributed by atoms with van der Waals surface area (Å²) in [6, 6.07) is 10.9. The minimum absolute atomic E-state index is 0.00686. The fraction of sp³-hybridized carbons (Fsp3) is 0.480. The lowest BCUT2D eigenvalue weighted by molar-refractivity contribution is -0.121. The van der Waals surface area contributed by atoms with Gasteiger partial charge in [-0.05, 0) is 50.7 Å². The van der Waals surface area contributed by atoms with Crippen molar-refractivity contribution in [1.82, 2.24) is 15.1 Å². The van der Waals surface area contributed by atoms with Crippen LogP contribution < -0.4 is 10.2 Å². The van der Waals surface area contributed by atoms with Gasteiger partial charge in [0.05, 0.1) is 23.6 Å². The van der Waals surface area contributed by atoms with Crippen molar-refractivity contribution in [2.24, 2.45) is 0 Å². The second-order valence-electron chi connectivity index (χ2n) is 8.73. The number of fused-ring (bicyclic) bond motifs is 3. The van der Waals surface area contributed by atoms with Crippen LogP contribution in [0, 0.1) is 0 Å². The molecule has 0 radical (unpaired) electrons. The average molecular weight is 453 g/mol. The molecule has 1 N–H and O–H groups in total. The highest BCUT2D eigenvalue weighted by Gasteiger charge is 2.52. The Labute approximate surface area is 194 Å². The summed E-state index contributed by atoms with van der Waals surface area (Å²) >= 11 is 0. The number of likely N-dealkylation sites (N-methyl/N-ethyl adjacent to an activating group) is 1. The molecular weight excluding hydrogens is 420 g/mol. The number of hydrogen-bond donors (Lipinski definition) is 1. The summed E-state index contributed by atoms with van der Waals surface area (Å²) in [7, 11) is 0. The maximum atomic E-state index is 13.3. The molecule has 0 saturated carbocycles. The Kier molecular flexibility index (Phi) is 6.56. The molecular formula is C25H32N4O4. The highest BCUT2D eigenvalue weighted by Crippen LogP contribution is 2.43. The van der Waals surface area contributed by atoms with Crippen LogP contribution in [0.1, 0.15) is 62.2 Å². The summed E-state index contributed by atoms with van der Waals surface area (Å²) in [6.07, 6.45) is 2.74. The van der Waals surface area contributed by atoms with Gasteiger partial charge in [0.1, 0.15) is 11.4 Å². The van der Waals surface area contributed by atoms with E-state index in [1.807, 2.05) is 31.2 Å². The SMILES string of the molecule is CCN(CC)C(CNC(=O)CCN1C(=O)c2ccccc2N2C(=O)CCC12C)c1ccco1. The van der Waals surface area contributed by atoms with Crippen LogP contribution in [0.15, 0.2) is 47.1 Å². The molecule has 1 fully saturated rings. The Hall–Kier alpha value is -3.13. The van der Waals surface area contributed by atoms with E-state index in [4.69, 9.17) is 4.42 Å². The van der Waals surface area contributed by atoms with E-state index in [1.165, 1.54) is 0 Å². The highest BCUT2D eigenvalue weighted by molar-refractivity contribution is 6.10. The lowest BCUT2D eigenvalue weighted by Gasteiger charge is -2.48. The van der Waals surface area contributed by atoms with Crippen molar-refractivity contribution >= 4 is 23.4 Å². The van der Waals surface area contributed by atoms with E-state index in [0.717, 1.165) is 18.8 Å². The van der Waals surface area contributed by atoms with Gasteiger partial charge in [0, 0.05) is 25.9 Å². The van der Waals surface area contributed by atoms with Gasteiger partial charge >= 0.3 is 0 Å². The first kappa shape index (κ1) is 23.0. The van der Waals surface area contributed by atoms with E-state index >= 15 is 0 Å².